The van der Waals surface area contributed by atoms with Crippen LogP contribution in [0.25, 0.3) is 0 Å². The molecule has 2 heterocycles. The number of hydrogen-bond donors (Lipinski definition) is 0. The molecular weight excluding hydrogens is 312 g/mol. The first-order valence-electron chi connectivity index (χ1n) is 9.25. The Bertz CT molecular complexity index is 628. The van der Waals surface area contributed by atoms with E-state index in [4.69, 9.17) is 4.74 Å². The maximum Gasteiger partial charge on any atom is 0.105 e. The van der Waals surface area contributed by atoms with Crippen molar-refractivity contribution in [2.75, 3.05) is 39.8 Å². The second kappa shape index (κ2) is 9.13. The number of rotatable bonds is 7. The number of benzene rings is 1. The minimum atomic E-state index is 0.278. The lowest BCUT2D eigenvalue weighted by molar-refractivity contribution is 0.0306. The van der Waals surface area contributed by atoms with E-state index in [9.17, 15) is 0 Å². The average molecular weight is 342 g/mol. The van der Waals surface area contributed by atoms with Gasteiger partial charge in [-0.3, -0.25) is 4.90 Å². The van der Waals surface area contributed by atoms with Gasteiger partial charge in [0.05, 0.1) is 6.10 Å². The Hall–Kier alpha value is -1.69. The normalized spacial score (nSPS) is 19.2. The molecule has 1 aromatic carbocycles. The number of hydrogen-bond acceptors (Lipinski definition) is 4. The predicted octanol–water partition coefficient (Wildman–Crippen LogP) is 2.41. The molecule has 1 aliphatic heterocycles. The van der Waals surface area contributed by atoms with Crippen LogP contribution in [0.1, 0.15) is 17.8 Å². The van der Waals surface area contributed by atoms with E-state index in [0.29, 0.717) is 0 Å². The summed E-state index contributed by atoms with van der Waals surface area (Å²) >= 11 is 0. The van der Waals surface area contributed by atoms with Gasteiger partial charge in [0.25, 0.3) is 0 Å². The lowest BCUT2D eigenvalue weighted by atomic mass is 10.2. The molecule has 1 atom stereocenters. The predicted molar refractivity (Wildman–Crippen MR) is 101 cm³/mol. The third kappa shape index (κ3) is 5.66. The van der Waals surface area contributed by atoms with Gasteiger partial charge in [0.2, 0.25) is 0 Å². The van der Waals surface area contributed by atoms with Crippen molar-refractivity contribution >= 4 is 0 Å². The van der Waals surface area contributed by atoms with E-state index in [-0.39, 0.29) is 6.10 Å². The van der Waals surface area contributed by atoms with Crippen molar-refractivity contribution in [3.63, 3.8) is 0 Å². The Morgan fingerprint density at radius 1 is 1.28 bits per heavy atom. The van der Waals surface area contributed by atoms with Crippen LogP contribution in [0.3, 0.4) is 0 Å². The Morgan fingerprint density at radius 3 is 2.88 bits per heavy atom. The molecule has 0 radical (unpaired) electrons. The fourth-order valence-electron chi connectivity index (χ4n) is 3.42. The average Bonchev–Trinajstić information content (AvgIpc) is 2.89. The van der Waals surface area contributed by atoms with Crippen molar-refractivity contribution in [2.24, 2.45) is 0 Å². The van der Waals surface area contributed by atoms with Crippen molar-refractivity contribution in [1.82, 2.24) is 19.4 Å². The minimum Gasteiger partial charge on any atom is -0.376 e. The van der Waals surface area contributed by atoms with Crippen LogP contribution in [-0.2, 0) is 17.8 Å². The van der Waals surface area contributed by atoms with Crippen molar-refractivity contribution < 1.29 is 4.74 Å². The van der Waals surface area contributed by atoms with Gasteiger partial charge in [-0.1, -0.05) is 30.3 Å². The van der Waals surface area contributed by atoms with Gasteiger partial charge < -0.3 is 14.2 Å². The van der Waals surface area contributed by atoms with Crippen LogP contribution in [0.15, 0.2) is 42.7 Å². The molecule has 1 unspecified atom stereocenters. The number of aromatic nitrogens is 2. The van der Waals surface area contributed by atoms with Crippen molar-refractivity contribution in [2.45, 2.75) is 32.5 Å². The third-order valence-electron chi connectivity index (χ3n) is 4.84. The Kier molecular flexibility index (Phi) is 6.62. The van der Waals surface area contributed by atoms with Gasteiger partial charge in [-0.2, -0.15) is 0 Å². The molecule has 2 aromatic rings. The van der Waals surface area contributed by atoms with Gasteiger partial charge in [0.1, 0.15) is 5.82 Å². The van der Waals surface area contributed by atoms with Crippen LogP contribution >= 0.6 is 0 Å². The molecule has 0 bridgehead atoms. The van der Waals surface area contributed by atoms with Crippen molar-refractivity contribution in [3.05, 3.63) is 54.1 Å². The quantitative estimate of drug-likeness (QED) is 0.774. The largest absolute Gasteiger partial charge is 0.376 e. The van der Waals surface area contributed by atoms with Crippen LogP contribution in [0, 0.1) is 6.92 Å². The van der Waals surface area contributed by atoms with Crippen LogP contribution in [-0.4, -0.2) is 65.3 Å². The summed E-state index contributed by atoms with van der Waals surface area (Å²) in [5.74, 6) is 1.08. The molecule has 0 spiro atoms. The zero-order valence-electron chi connectivity index (χ0n) is 15.5. The minimum absolute atomic E-state index is 0.278. The van der Waals surface area contributed by atoms with Crippen LogP contribution in [0.4, 0.5) is 0 Å². The summed E-state index contributed by atoms with van der Waals surface area (Å²) < 4.78 is 8.30. The standard InChI is InChI=1S/C20H30N4O/c1-18-21-9-11-24(18)13-12-22(2)16-20-17-23(10-6-14-25-20)15-19-7-4-3-5-8-19/h3-5,7-9,11,20H,6,10,12-17H2,1-2H3. The van der Waals surface area contributed by atoms with Gasteiger partial charge in [0.15, 0.2) is 0 Å². The first-order valence-corrected chi connectivity index (χ1v) is 9.25. The van der Waals surface area contributed by atoms with Gasteiger partial charge in [-0.05, 0) is 26.0 Å². The lowest BCUT2D eigenvalue weighted by Gasteiger charge is -2.27. The van der Waals surface area contributed by atoms with Crippen LogP contribution < -0.4 is 0 Å². The summed E-state index contributed by atoms with van der Waals surface area (Å²) in [6.07, 6.45) is 5.31. The van der Waals surface area contributed by atoms with E-state index >= 15 is 0 Å². The van der Waals surface area contributed by atoms with E-state index in [2.05, 4.69) is 63.7 Å². The van der Waals surface area contributed by atoms with Crippen LogP contribution in [0.2, 0.25) is 0 Å². The molecule has 25 heavy (non-hydrogen) atoms. The highest BCUT2D eigenvalue weighted by atomic mass is 16.5. The molecule has 1 fully saturated rings. The van der Waals surface area contributed by atoms with Gasteiger partial charge in [0, 0.05) is 58.3 Å². The molecule has 1 aliphatic rings. The highest BCUT2D eigenvalue weighted by Gasteiger charge is 2.20. The third-order valence-corrected chi connectivity index (χ3v) is 4.84. The van der Waals surface area contributed by atoms with Gasteiger partial charge in [-0.15, -0.1) is 0 Å². The first-order chi connectivity index (χ1) is 12.2. The molecule has 0 aliphatic carbocycles. The zero-order chi connectivity index (χ0) is 17.5. The molecule has 0 saturated carbocycles. The SMILES string of the molecule is Cc1nccn1CCN(C)CC1CN(Cc2ccccc2)CCCO1. The summed E-state index contributed by atoms with van der Waals surface area (Å²) in [5.41, 5.74) is 1.38. The van der Waals surface area contributed by atoms with Crippen molar-refractivity contribution in [1.29, 1.82) is 0 Å². The highest BCUT2D eigenvalue weighted by Crippen LogP contribution is 2.11. The lowest BCUT2D eigenvalue weighted by Crippen LogP contribution is -2.39. The monoisotopic (exact) mass is 342 g/mol. The maximum absolute atomic E-state index is 6.10. The molecule has 5 nitrogen and oxygen atoms in total. The zero-order valence-corrected chi connectivity index (χ0v) is 15.5. The molecule has 136 valence electrons. The molecular formula is C20H30N4O. The fraction of sp³-hybridized carbons (Fsp3) is 0.550. The summed E-state index contributed by atoms with van der Waals surface area (Å²) in [6, 6.07) is 10.7. The van der Waals surface area contributed by atoms with Gasteiger partial charge in [-0.25, -0.2) is 4.98 Å². The van der Waals surface area contributed by atoms with Crippen LogP contribution in [0.5, 0.6) is 0 Å². The topological polar surface area (TPSA) is 33.5 Å². The fourth-order valence-corrected chi connectivity index (χ4v) is 3.42. The number of nitrogens with zero attached hydrogens (tertiary/aromatic N) is 4. The molecule has 0 amide bonds. The Labute approximate surface area is 151 Å². The summed E-state index contributed by atoms with van der Waals surface area (Å²) in [7, 11) is 2.18. The van der Waals surface area contributed by atoms with E-state index in [1.165, 1.54) is 5.56 Å². The second-order valence-corrected chi connectivity index (χ2v) is 7.00. The number of aryl methyl sites for hydroxylation is 1. The molecule has 1 aromatic heterocycles. The van der Waals surface area contributed by atoms with E-state index < -0.39 is 0 Å². The van der Waals surface area contributed by atoms with E-state index in [1.54, 1.807) is 0 Å². The summed E-state index contributed by atoms with van der Waals surface area (Å²) in [4.78, 5) is 9.19. The smallest absolute Gasteiger partial charge is 0.105 e. The number of ether oxygens (including phenoxy) is 1. The maximum atomic E-state index is 6.10. The molecule has 0 N–H and O–H groups in total. The number of imidazole rings is 1. The van der Waals surface area contributed by atoms with E-state index in [0.717, 1.165) is 58.1 Å². The van der Waals surface area contributed by atoms with E-state index in [1.807, 2.05) is 12.4 Å². The van der Waals surface area contributed by atoms with Crippen molar-refractivity contribution in [3.8, 4) is 0 Å². The Balaban J connectivity index is 1.48. The molecule has 3 rings (SSSR count). The molecule has 5 heteroatoms. The first kappa shape index (κ1) is 18.1. The highest BCUT2D eigenvalue weighted by molar-refractivity contribution is 5.14. The summed E-state index contributed by atoms with van der Waals surface area (Å²) in [6.45, 7) is 9.00. The molecule has 1 saturated heterocycles. The van der Waals surface area contributed by atoms with Gasteiger partial charge >= 0.3 is 0 Å². The summed E-state index contributed by atoms with van der Waals surface area (Å²) in [5, 5.41) is 0. The number of likely N-dealkylation sites (N-methyl/N-ethyl adjacent to an activating group) is 1. The second-order valence-electron chi connectivity index (χ2n) is 7.00. The Morgan fingerprint density at radius 2 is 2.12 bits per heavy atom.